The number of aryl methyl sites for hydroxylation is 1. The Hall–Kier alpha value is -3.91. The van der Waals surface area contributed by atoms with Crippen LogP contribution in [0.5, 0.6) is 0 Å². The number of pyridine rings is 2. The molecule has 1 fully saturated rings. The lowest BCUT2D eigenvalue weighted by Gasteiger charge is -2.29. The van der Waals surface area contributed by atoms with Crippen molar-refractivity contribution >= 4 is 21.7 Å². The van der Waals surface area contributed by atoms with Crippen LogP contribution in [0.2, 0.25) is 0 Å². The summed E-state index contributed by atoms with van der Waals surface area (Å²) < 4.78 is 3.39. The van der Waals surface area contributed by atoms with Gasteiger partial charge in [-0.3, -0.25) is 24.0 Å². The molecule has 6 rings (SSSR count). The minimum Gasteiger partial charge on any atom is -0.391 e. The molecule has 0 aliphatic heterocycles. The Morgan fingerprint density at radius 1 is 1.03 bits per heavy atom. The summed E-state index contributed by atoms with van der Waals surface area (Å²) in [5.41, 5.74) is 4.43. The molecule has 5 aromatic rings. The summed E-state index contributed by atoms with van der Waals surface area (Å²) in [5.74, 6) is 0. The molecule has 1 saturated carbocycles. The summed E-state index contributed by atoms with van der Waals surface area (Å²) in [6, 6.07) is 7.68. The van der Waals surface area contributed by atoms with Crippen molar-refractivity contribution in [3.05, 3.63) is 83.1 Å². The maximum absolute atomic E-state index is 13.6. The van der Waals surface area contributed by atoms with Crippen molar-refractivity contribution in [2.24, 2.45) is 7.05 Å². The molecule has 2 atom stereocenters. The molecule has 0 saturated heterocycles. The van der Waals surface area contributed by atoms with Crippen molar-refractivity contribution in [2.45, 2.75) is 44.2 Å². The number of aromatic nitrogens is 6. The van der Waals surface area contributed by atoms with Crippen LogP contribution < -0.4 is 5.56 Å². The van der Waals surface area contributed by atoms with Crippen LogP contribution in [-0.4, -0.2) is 40.5 Å². The number of fused-ring (bicyclic) bond motifs is 3. The number of hydrogen-bond donors (Lipinski definition) is 1. The lowest BCUT2D eigenvalue weighted by molar-refractivity contribution is 0.0735. The van der Waals surface area contributed by atoms with Gasteiger partial charge in [0.2, 0.25) is 0 Å². The number of hydrogen-bond acceptors (Lipinski definition) is 6. The van der Waals surface area contributed by atoms with Gasteiger partial charge in [0.1, 0.15) is 0 Å². The van der Waals surface area contributed by atoms with E-state index < -0.39 is 6.10 Å². The van der Waals surface area contributed by atoms with E-state index in [4.69, 9.17) is 0 Å². The van der Waals surface area contributed by atoms with Crippen LogP contribution in [0, 0.1) is 0 Å². The van der Waals surface area contributed by atoms with Gasteiger partial charge < -0.3 is 5.11 Å². The van der Waals surface area contributed by atoms with Crippen molar-refractivity contribution in [3.8, 4) is 11.3 Å². The van der Waals surface area contributed by atoms with Crippen molar-refractivity contribution < 1.29 is 5.11 Å². The van der Waals surface area contributed by atoms with Crippen molar-refractivity contribution in [2.75, 3.05) is 0 Å². The Balaban J connectivity index is 1.43. The van der Waals surface area contributed by atoms with Gasteiger partial charge in [-0.25, -0.2) is 4.98 Å². The topological polar surface area (TPSA) is 98.7 Å². The fourth-order valence-corrected chi connectivity index (χ4v) is 5.21. The molecule has 1 N–H and O–H groups in total. The average molecular weight is 467 g/mol. The summed E-state index contributed by atoms with van der Waals surface area (Å²) >= 11 is 0. The summed E-state index contributed by atoms with van der Waals surface area (Å²) in [6.45, 7) is 0. The van der Waals surface area contributed by atoms with E-state index in [2.05, 4.69) is 26.1 Å². The van der Waals surface area contributed by atoms with E-state index in [0.717, 1.165) is 52.4 Å². The zero-order chi connectivity index (χ0) is 23.9. The minimum absolute atomic E-state index is 0.106. The van der Waals surface area contributed by atoms with Gasteiger partial charge in [0.05, 0.1) is 41.3 Å². The Bertz CT molecular complexity index is 1590. The number of aliphatic hydroxyl groups is 1. The van der Waals surface area contributed by atoms with Gasteiger partial charge in [-0.15, -0.1) is 0 Å². The maximum atomic E-state index is 13.6. The van der Waals surface area contributed by atoms with Gasteiger partial charge in [0.25, 0.3) is 5.56 Å². The van der Waals surface area contributed by atoms with E-state index in [1.807, 2.05) is 43.8 Å². The highest BCUT2D eigenvalue weighted by Gasteiger charge is 2.26. The third kappa shape index (κ3) is 3.89. The summed E-state index contributed by atoms with van der Waals surface area (Å²) in [7, 11) is 1.88. The second-order valence-corrected chi connectivity index (χ2v) is 9.36. The fourth-order valence-electron chi connectivity index (χ4n) is 5.21. The molecule has 4 aromatic heterocycles. The molecular formula is C27H26N6O2. The molecule has 8 nitrogen and oxygen atoms in total. The van der Waals surface area contributed by atoms with E-state index in [1.54, 1.807) is 28.0 Å². The molecule has 1 aromatic carbocycles. The molecule has 0 radical (unpaired) electrons. The zero-order valence-electron chi connectivity index (χ0n) is 19.5. The molecule has 4 heterocycles. The molecule has 1 aliphatic carbocycles. The normalized spacial score (nSPS) is 18.3. The highest BCUT2D eigenvalue weighted by atomic mass is 16.3. The second-order valence-electron chi connectivity index (χ2n) is 9.36. The largest absolute Gasteiger partial charge is 0.391 e. The quantitative estimate of drug-likeness (QED) is 0.405. The van der Waals surface area contributed by atoms with E-state index in [-0.39, 0.29) is 11.6 Å². The van der Waals surface area contributed by atoms with Crippen LogP contribution in [0.25, 0.3) is 32.9 Å². The smallest absolute Gasteiger partial charge is 0.261 e. The first kappa shape index (κ1) is 21.6. The van der Waals surface area contributed by atoms with Crippen molar-refractivity contribution in [3.63, 3.8) is 0 Å². The second kappa shape index (κ2) is 8.70. The molecule has 35 heavy (non-hydrogen) atoms. The first-order valence-corrected chi connectivity index (χ1v) is 12.0. The minimum atomic E-state index is -0.519. The predicted molar refractivity (Wildman–Crippen MR) is 134 cm³/mol. The molecule has 0 spiro atoms. The zero-order valence-corrected chi connectivity index (χ0v) is 19.5. The lowest BCUT2D eigenvalue weighted by atomic mass is 9.92. The number of nitrogens with zero attached hydrogens (tertiary/aromatic N) is 6. The van der Waals surface area contributed by atoms with Crippen molar-refractivity contribution in [1.29, 1.82) is 0 Å². The van der Waals surface area contributed by atoms with Crippen LogP contribution in [-0.2, 0) is 13.5 Å². The van der Waals surface area contributed by atoms with Crippen LogP contribution in [0.1, 0.15) is 42.9 Å². The van der Waals surface area contributed by atoms with Gasteiger partial charge in [0.15, 0.2) is 0 Å². The summed E-state index contributed by atoms with van der Waals surface area (Å²) in [4.78, 5) is 27.2. The Morgan fingerprint density at radius 3 is 2.69 bits per heavy atom. The molecule has 1 aliphatic rings. The predicted octanol–water partition coefficient (Wildman–Crippen LogP) is 3.81. The van der Waals surface area contributed by atoms with Crippen LogP contribution >= 0.6 is 0 Å². The molecule has 176 valence electrons. The standard InChI is InChI=1S/C27H26N6O2/c1-32-15-19(13-31-32)23-7-6-17(12-29-23)10-18-11-21-26(20-8-9-28-14-22(18)20)30-16-33(27(21)35)24-4-2-3-5-25(24)34/h6-9,11-16,24-25,34H,2-5,10H2,1H3/t24-,25-/m0/s1. The lowest BCUT2D eigenvalue weighted by Crippen LogP contribution is -2.34. The molecular weight excluding hydrogens is 440 g/mol. The number of benzene rings is 1. The van der Waals surface area contributed by atoms with Gasteiger partial charge in [-0.1, -0.05) is 18.9 Å². The van der Waals surface area contributed by atoms with E-state index >= 15 is 0 Å². The highest BCUT2D eigenvalue weighted by Crippen LogP contribution is 2.30. The first-order chi connectivity index (χ1) is 17.1. The average Bonchev–Trinajstić information content (AvgIpc) is 3.32. The van der Waals surface area contributed by atoms with Gasteiger partial charge >= 0.3 is 0 Å². The molecule has 8 heteroatoms. The Kier molecular flexibility index (Phi) is 5.37. The summed E-state index contributed by atoms with van der Waals surface area (Å²) in [6.07, 6.45) is 14.4. The van der Waals surface area contributed by atoms with Gasteiger partial charge in [-0.2, -0.15) is 5.10 Å². The Labute approximate surface area is 201 Å². The third-order valence-corrected chi connectivity index (χ3v) is 7.04. The molecule has 0 amide bonds. The van der Waals surface area contributed by atoms with Crippen molar-refractivity contribution in [1.82, 2.24) is 29.3 Å². The summed E-state index contributed by atoms with van der Waals surface area (Å²) in [5, 5.41) is 17.2. The maximum Gasteiger partial charge on any atom is 0.261 e. The SMILES string of the molecule is Cn1cc(-c2ccc(Cc3cc4c(=O)n([C@H]5CCCC[C@@H]5O)cnc4c4ccncc34)cn2)cn1. The van der Waals surface area contributed by atoms with Crippen LogP contribution in [0.3, 0.4) is 0 Å². The highest BCUT2D eigenvalue weighted by molar-refractivity contribution is 6.06. The molecule has 0 unspecified atom stereocenters. The van der Waals surface area contributed by atoms with Crippen LogP contribution in [0.15, 0.2) is 66.4 Å². The monoisotopic (exact) mass is 466 g/mol. The number of rotatable bonds is 4. The van der Waals surface area contributed by atoms with E-state index in [9.17, 15) is 9.90 Å². The number of aliphatic hydroxyl groups excluding tert-OH is 1. The van der Waals surface area contributed by atoms with E-state index in [0.29, 0.717) is 23.7 Å². The van der Waals surface area contributed by atoms with E-state index in [1.165, 1.54) is 0 Å². The first-order valence-electron chi connectivity index (χ1n) is 12.0. The Morgan fingerprint density at radius 2 is 1.91 bits per heavy atom. The van der Waals surface area contributed by atoms with Gasteiger partial charge in [0, 0.05) is 48.2 Å². The van der Waals surface area contributed by atoms with Crippen LogP contribution in [0.4, 0.5) is 0 Å². The van der Waals surface area contributed by atoms with Gasteiger partial charge in [-0.05, 0) is 48.6 Å². The third-order valence-electron chi connectivity index (χ3n) is 7.04. The molecule has 0 bridgehead atoms. The fraction of sp³-hybridized carbons (Fsp3) is 0.296.